The molecular weight excluding hydrogens is 785 g/mol. The lowest BCUT2D eigenvalue weighted by atomic mass is 9.52. The maximum Gasteiger partial charge on any atom is 0.0552 e. The molecule has 336 valence electrons. The highest BCUT2D eigenvalue weighted by Gasteiger charge is 2.64. The van der Waals surface area contributed by atoms with Crippen LogP contribution in [0.15, 0.2) is 157 Å². The van der Waals surface area contributed by atoms with Gasteiger partial charge in [-0.2, -0.15) is 0 Å². The fourth-order valence-corrected chi connectivity index (χ4v) is 16.4. The van der Waals surface area contributed by atoms with Crippen molar-refractivity contribution in [2.75, 3.05) is 9.80 Å². The highest BCUT2D eigenvalue weighted by molar-refractivity contribution is 5.95. The lowest BCUT2D eigenvalue weighted by Gasteiger charge is -2.57. The number of nitrogens with zero attached hydrogens (tertiary/aromatic N) is 2. The largest absolute Gasteiger partial charge is 0.365 e. The normalized spacial score (nSPS) is 37.8. The van der Waals surface area contributed by atoms with Gasteiger partial charge in [0.15, 0.2) is 0 Å². The molecule has 3 aromatic rings. The molecule has 12 atom stereocenters. The first-order valence-corrected chi connectivity index (χ1v) is 26.4. The SMILES string of the molecule is CC1CCC2C3=C(C=CCC3N(c3cccc4ccccc34)C3C=CC=CC3)C3(c4cc(N(C5CC=CCC5)C5CCC6CCC/C=C\C(C)(C)C6(C)C5)ccc4C4C=CC=CC43)C2C1. The Labute approximate surface area is 391 Å². The second kappa shape index (κ2) is 16.3. The molecule has 65 heavy (non-hydrogen) atoms. The molecule has 2 heteroatoms. The van der Waals surface area contributed by atoms with E-state index in [-0.39, 0.29) is 16.2 Å². The number of rotatable bonds is 6. The summed E-state index contributed by atoms with van der Waals surface area (Å²) in [7, 11) is 0. The third-order valence-corrected chi connectivity index (χ3v) is 19.7. The third kappa shape index (κ3) is 6.52. The Hall–Kier alpha value is -4.56. The molecule has 0 heterocycles. The number of hydrogen-bond acceptors (Lipinski definition) is 2. The summed E-state index contributed by atoms with van der Waals surface area (Å²) in [6.07, 6.45) is 52.6. The van der Waals surface area contributed by atoms with Gasteiger partial charge in [-0.1, -0.05) is 162 Å². The predicted octanol–water partition coefficient (Wildman–Crippen LogP) is 15.9. The van der Waals surface area contributed by atoms with E-state index in [1.165, 1.54) is 92.8 Å². The number of allylic oxidation sites excluding steroid dienone is 11. The van der Waals surface area contributed by atoms with Crippen LogP contribution in [0.5, 0.6) is 0 Å². The van der Waals surface area contributed by atoms with Crippen LogP contribution < -0.4 is 9.80 Å². The molecule has 0 amide bonds. The molecule has 3 aromatic carbocycles. The van der Waals surface area contributed by atoms with Crippen LogP contribution in [-0.2, 0) is 5.41 Å². The number of anilines is 2. The molecule has 1 spiro atoms. The third-order valence-electron chi connectivity index (χ3n) is 19.7. The zero-order valence-electron chi connectivity index (χ0n) is 39.9. The van der Waals surface area contributed by atoms with Crippen LogP contribution in [0.25, 0.3) is 10.8 Å². The molecule has 0 aromatic heterocycles. The summed E-state index contributed by atoms with van der Waals surface area (Å²) in [5.41, 5.74) is 10.1. The Balaban J connectivity index is 1.04. The smallest absolute Gasteiger partial charge is 0.0552 e. The maximum atomic E-state index is 3.06. The Morgan fingerprint density at radius 3 is 2.43 bits per heavy atom. The fourth-order valence-electron chi connectivity index (χ4n) is 16.4. The summed E-state index contributed by atoms with van der Waals surface area (Å²) < 4.78 is 0. The van der Waals surface area contributed by atoms with Gasteiger partial charge in [0.25, 0.3) is 0 Å². The predicted molar refractivity (Wildman–Crippen MR) is 276 cm³/mol. The van der Waals surface area contributed by atoms with Gasteiger partial charge in [-0.3, -0.25) is 0 Å². The van der Waals surface area contributed by atoms with Gasteiger partial charge in [0.1, 0.15) is 0 Å². The zero-order valence-corrected chi connectivity index (χ0v) is 39.9. The lowest BCUT2D eigenvalue weighted by Crippen LogP contribution is -2.54. The summed E-state index contributed by atoms with van der Waals surface area (Å²) in [5.74, 6) is 3.53. The minimum atomic E-state index is -0.0536. The van der Waals surface area contributed by atoms with Crippen molar-refractivity contribution in [3.63, 3.8) is 0 Å². The van der Waals surface area contributed by atoms with E-state index in [0.717, 1.165) is 31.1 Å². The van der Waals surface area contributed by atoms with E-state index in [1.807, 2.05) is 0 Å². The standard InChI is InChI=1S/C63H74N2/c1-43-33-37-53-56(40-43)63(55-30-19-32-59(60(53)55)65(47-25-11-6-12-26-47)58-31-18-21-44-20-13-14-27-50(44)58)54-29-16-15-28-51(54)52-38-36-48(41-57(52)63)64(46-23-9-5-10-24-46)49-35-34-45-22-8-7-17-39-61(2,3)62(45,4)42-49/h5-6,9,11-21,25,27-31,36,38-39,41,43,45-47,49,51,53-54,56,59H,7-8,10,22-24,26,32-35,37,40,42H2,1-4H3/b39-17-. The lowest BCUT2D eigenvalue weighted by molar-refractivity contribution is -0.00359. The molecule has 12 unspecified atom stereocenters. The Bertz CT molecular complexity index is 2570. The van der Waals surface area contributed by atoms with Gasteiger partial charge in [-0.15, -0.1) is 0 Å². The van der Waals surface area contributed by atoms with Crippen LogP contribution in [0.1, 0.15) is 135 Å². The molecule has 0 bridgehead atoms. The molecule has 9 aliphatic rings. The average molecular weight is 859 g/mol. The number of hydrogen-bond donors (Lipinski definition) is 0. The second-order valence-corrected chi connectivity index (χ2v) is 23.1. The zero-order chi connectivity index (χ0) is 43.9. The van der Waals surface area contributed by atoms with Crippen LogP contribution in [0.3, 0.4) is 0 Å². The van der Waals surface area contributed by atoms with E-state index >= 15 is 0 Å². The molecule has 9 aliphatic carbocycles. The van der Waals surface area contributed by atoms with Crippen molar-refractivity contribution >= 4 is 22.1 Å². The van der Waals surface area contributed by atoms with Crippen LogP contribution in [0.2, 0.25) is 0 Å². The van der Waals surface area contributed by atoms with Crippen molar-refractivity contribution in [3.8, 4) is 0 Å². The van der Waals surface area contributed by atoms with E-state index in [9.17, 15) is 0 Å². The van der Waals surface area contributed by atoms with E-state index in [2.05, 4.69) is 183 Å². The summed E-state index contributed by atoms with van der Waals surface area (Å²) in [5, 5.41) is 2.72. The van der Waals surface area contributed by atoms with Gasteiger partial charge >= 0.3 is 0 Å². The number of benzene rings is 3. The highest BCUT2D eigenvalue weighted by Crippen LogP contribution is 2.70. The molecule has 2 fully saturated rings. The van der Waals surface area contributed by atoms with Crippen LogP contribution >= 0.6 is 0 Å². The average Bonchev–Trinajstić information content (AvgIpc) is 3.79. The van der Waals surface area contributed by atoms with Crippen molar-refractivity contribution in [1.82, 2.24) is 0 Å². The Morgan fingerprint density at radius 1 is 0.677 bits per heavy atom. The molecule has 0 radical (unpaired) electrons. The van der Waals surface area contributed by atoms with Gasteiger partial charge in [0.2, 0.25) is 0 Å². The number of fused-ring (bicyclic) bond motifs is 11. The van der Waals surface area contributed by atoms with Crippen LogP contribution in [-0.4, -0.2) is 24.2 Å². The van der Waals surface area contributed by atoms with Gasteiger partial charge in [-0.05, 0) is 164 Å². The van der Waals surface area contributed by atoms with E-state index in [1.54, 1.807) is 22.3 Å². The van der Waals surface area contributed by atoms with Crippen LogP contribution in [0, 0.1) is 40.4 Å². The minimum absolute atomic E-state index is 0.0536. The van der Waals surface area contributed by atoms with Crippen molar-refractivity contribution < 1.29 is 0 Å². The van der Waals surface area contributed by atoms with Crippen molar-refractivity contribution in [2.24, 2.45) is 40.4 Å². The summed E-state index contributed by atoms with van der Waals surface area (Å²) >= 11 is 0. The summed E-state index contributed by atoms with van der Waals surface area (Å²) in [6.45, 7) is 10.4. The fraction of sp³-hybridized carbons (Fsp3) is 0.492. The molecular formula is C63H74N2. The Morgan fingerprint density at radius 2 is 1.55 bits per heavy atom. The van der Waals surface area contributed by atoms with Gasteiger partial charge in [0.05, 0.1) is 12.1 Å². The molecule has 12 rings (SSSR count). The Kier molecular flexibility index (Phi) is 10.5. The molecule has 0 N–H and O–H groups in total. The van der Waals surface area contributed by atoms with Gasteiger partial charge in [0, 0.05) is 46.1 Å². The topological polar surface area (TPSA) is 6.48 Å². The molecule has 2 nitrogen and oxygen atoms in total. The molecule has 0 saturated heterocycles. The van der Waals surface area contributed by atoms with Gasteiger partial charge < -0.3 is 9.80 Å². The minimum Gasteiger partial charge on any atom is -0.365 e. The van der Waals surface area contributed by atoms with Crippen molar-refractivity contribution in [3.05, 3.63) is 168 Å². The van der Waals surface area contributed by atoms with Crippen molar-refractivity contribution in [2.45, 2.75) is 153 Å². The first-order valence-electron chi connectivity index (χ1n) is 26.4. The highest BCUT2D eigenvalue weighted by atomic mass is 15.2. The van der Waals surface area contributed by atoms with Crippen LogP contribution in [0.4, 0.5) is 11.4 Å². The monoisotopic (exact) mass is 859 g/mol. The molecule has 0 aliphatic heterocycles. The first-order chi connectivity index (χ1) is 31.8. The quantitative estimate of drug-likeness (QED) is 0.228. The van der Waals surface area contributed by atoms with E-state index in [0.29, 0.717) is 47.8 Å². The maximum absolute atomic E-state index is 3.06. The molecule has 2 saturated carbocycles. The first kappa shape index (κ1) is 41.8. The van der Waals surface area contributed by atoms with E-state index in [4.69, 9.17) is 0 Å². The summed E-state index contributed by atoms with van der Waals surface area (Å²) in [6, 6.07) is 26.1. The van der Waals surface area contributed by atoms with E-state index < -0.39 is 0 Å². The second-order valence-electron chi connectivity index (χ2n) is 23.1. The van der Waals surface area contributed by atoms with Gasteiger partial charge in [-0.25, -0.2) is 0 Å². The van der Waals surface area contributed by atoms with Crippen molar-refractivity contribution in [1.29, 1.82) is 0 Å². The summed E-state index contributed by atoms with van der Waals surface area (Å²) in [4.78, 5) is 5.97.